The van der Waals surface area contributed by atoms with E-state index in [4.69, 9.17) is 21.1 Å². The maximum Gasteiger partial charge on any atom is 0.333 e. The molecule has 14 heteroatoms. The Morgan fingerprint density at radius 2 is 1.97 bits per heavy atom. The van der Waals surface area contributed by atoms with E-state index < -0.39 is 27.8 Å². The summed E-state index contributed by atoms with van der Waals surface area (Å²) in [4.78, 5) is 26.6. The van der Waals surface area contributed by atoms with E-state index in [1.807, 2.05) is 4.72 Å². The molecule has 0 saturated heterocycles. The fourth-order valence-electron chi connectivity index (χ4n) is 3.27. The number of hydrogen-bond acceptors (Lipinski definition) is 8. The van der Waals surface area contributed by atoms with Crippen LogP contribution in [0.2, 0.25) is 4.34 Å². The van der Waals surface area contributed by atoms with Crippen LogP contribution in [0.4, 0.5) is 26.2 Å². The number of nitrogens with zero attached hydrogens (tertiary/aromatic N) is 1. The molecule has 1 aliphatic rings. The fraction of sp³-hybridized carbons (Fsp3) is 0.143. The lowest BCUT2D eigenvalue weighted by atomic mass is 10.1. The van der Waals surface area contributed by atoms with Crippen LogP contribution in [0, 0.1) is 5.82 Å². The summed E-state index contributed by atoms with van der Waals surface area (Å²) in [6, 6.07) is 8.53. The molecule has 0 spiro atoms. The molecule has 0 aliphatic carbocycles. The summed E-state index contributed by atoms with van der Waals surface area (Å²) in [5, 5.41) is 5.08. The van der Waals surface area contributed by atoms with Gasteiger partial charge in [-0.2, -0.15) is 0 Å². The van der Waals surface area contributed by atoms with Crippen molar-refractivity contribution in [1.29, 1.82) is 0 Å². The molecule has 2 aromatic carbocycles. The molecule has 0 bridgehead atoms. The van der Waals surface area contributed by atoms with Crippen LogP contribution in [0.5, 0.6) is 11.5 Å². The highest BCUT2D eigenvalue weighted by molar-refractivity contribution is 7.92. The SMILES string of the molecule is CNc1cc2c(cc1F)C(=O)N(c1ccc(NC(=O)NS(=O)(=O)c3ccc(Cl)s3)c(OC)c1)CO2. The van der Waals surface area contributed by atoms with Gasteiger partial charge in [0.2, 0.25) is 0 Å². The van der Waals surface area contributed by atoms with Gasteiger partial charge in [0.05, 0.1) is 34.1 Å². The summed E-state index contributed by atoms with van der Waals surface area (Å²) in [5.41, 5.74) is 0.739. The summed E-state index contributed by atoms with van der Waals surface area (Å²) in [6.07, 6.45) is 0. The average molecular weight is 541 g/mol. The number of carbonyl (C=O) groups excluding carboxylic acids is 2. The number of sulfonamides is 1. The van der Waals surface area contributed by atoms with Gasteiger partial charge in [-0.1, -0.05) is 11.6 Å². The minimum absolute atomic E-state index is 0.0483. The number of urea groups is 1. The van der Waals surface area contributed by atoms with Crippen molar-refractivity contribution in [2.24, 2.45) is 0 Å². The van der Waals surface area contributed by atoms with Gasteiger partial charge in [0.15, 0.2) is 6.73 Å². The lowest BCUT2D eigenvalue weighted by molar-refractivity contribution is 0.0936. The predicted octanol–water partition coefficient (Wildman–Crippen LogP) is 4.10. The van der Waals surface area contributed by atoms with Gasteiger partial charge in [-0.05, 0) is 30.3 Å². The first-order valence-corrected chi connectivity index (χ1v) is 12.5. The number of halogens is 2. The third kappa shape index (κ3) is 4.97. The molecule has 3 aromatic rings. The van der Waals surface area contributed by atoms with Gasteiger partial charge in [-0.15, -0.1) is 11.3 Å². The summed E-state index contributed by atoms with van der Waals surface area (Å²) in [7, 11) is -1.23. The summed E-state index contributed by atoms with van der Waals surface area (Å²) in [6.45, 7) is -0.140. The van der Waals surface area contributed by atoms with Crippen LogP contribution >= 0.6 is 22.9 Å². The van der Waals surface area contributed by atoms with Crippen LogP contribution in [-0.4, -0.2) is 41.2 Å². The van der Waals surface area contributed by atoms with Crippen molar-refractivity contribution in [2.45, 2.75) is 4.21 Å². The Morgan fingerprint density at radius 1 is 1.20 bits per heavy atom. The number of carbonyl (C=O) groups is 2. The summed E-state index contributed by atoms with van der Waals surface area (Å²) < 4.78 is 51.8. The van der Waals surface area contributed by atoms with Gasteiger partial charge < -0.3 is 20.1 Å². The standard InChI is InChI=1S/C21H18ClFN4O6S2/c1-24-15-9-16-12(8-13(15)23)20(28)27(10-33-16)11-3-4-14(17(7-11)32-2)25-21(29)26-35(30,31)19-6-5-18(22)34-19/h3-9,24H,10H2,1-2H3,(H2,25,26,29). The molecule has 0 fully saturated rings. The van der Waals surface area contributed by atoms with Crippen LogP contribution in [0.1, 0.15) is 10.4 Å². The second kappa shape index (κ2) is 9.60. The maximum atomic E-state index is 14.2. The van der Waals surface area contributed by atoms with Gasteiger partial charge >= 0.3 is 6.03 Å². The number of nitrogens with one attached hydrogen (secondary N) is 3. The Kier molecular flexibility index (Phi) is 6.74. The van der Waals surface area contributed by atoms with Gasteiger partial charge in [0, 0.05) is 19.2 Å². The largest absolute Gasteiger partial charge is 0.494 e. The molecular formula is C21H18ClFN4O6S2. The molecular weight excluding hydrogens is 523 g/mol. The van der Waals surface area contributed by atoms with Gasteiger partial charge in [-0.25, -0.2) is 22.3 Å². The molecule has 1 aliphatic heterocycles. The first kappa shape index (κ1) is 24.6. The van der Waals surface area contributed by atoms with Crippen LogP contribution in [0.25, 0.3) is 0 Å². The molecule has 184 valence electrons. The van der Waals surface area contributed by atoms with E-state index in [1.165, 1.54) is 48.4 Å². The van der Waals surface area contributed by atoms with Gasteiger partial charge in [0.25, 0.3) is 15.9 Å². The lowest BCUT2D eigenvalue weighted by Gasteiger charge is -2.29. The minimum Gasteiger partial charge on any atom is -0.494 e. The Bertz CT molecular complexity index is 1430. The van der Waals surface area contributed by atoms with E-state index in [9.17, 15) is 22.4 Å². The van der Waals surface area contributed by atoms with E-state index in [0.717, 1.165) is 17.4 Å². The third-order valence-corrected chi connectivity index (χ3v) is 8.00. The predicted molar refractivity (Wildman–Crippen MR) is 130 cm³/mol. The molecule has 0 atom stereocenters. The van der Waals surface area contributed by atoms with E-state index in [2.05, 4.69) is 10.6 Å². The number of fused-ring (bicyclic) bond motifs is 1. The molecule has 3 amide bonds. The Labute approximate surface area is 208 Å². The van der Waals surface area contributed by atoms with Crippen molar-refractivity contribution in [3.8, 4) is 11.5 Å². The van der Waals surface area contributed by atoms with Crippen molar-refractivity contribution in [3.05, 3.63) is 58.2 Å². The molecule has 4 rings (SSSR count). The van der Waals surface area contributed by atoms with E-state index in [1.54, 1.807) is 7.05 Å². The smallest absolute Gasteiger partial charge is 0.333 e. The molecule has 35 heavy (non-hydrogen) atoms. The number of methoxy groups -OCH3 is 1. The average Bonchev–Trinajstić information content (AvgIpc) is 3.27. The summed E-state index contributed by atoms with van der Waals surface area (Å²) in [5.74, 6) is -0.710. The minimum atomic E-state index is -4.12. The first-order chi connectivity index (χ1) is 16.6. The van der Waals surface area contributed by atoms with Crippen LogP contribution < -0.4 is 29.7 Å². The number of rotatable bonds is 6. The molecule has 0 unspecified atom stereocenters. The zero-order valence-electron chi connectivity index (χ0n) is 18.2. The van der Waals surface area contributed by atoms with Crippen molar-refractivity contribution >= 4 is 62.0 Å². The molecule has 10 nitrogen and oxygen atoms in total. The van der Waals surface area contributed by atoms with Crippen molar-refractivity contribution < 1.29 is 31.9 Å². The Balaban J connectivity index is 1.53. The number of thiophene rings is 1. The zero-order valence-corrected chi connectivity index (χ0v) is 20.6. The van der Waals surface area contributed by atoms with E-state index in [-0.39, 0.29) is 43.7 Å². The molecule has 0 saturated carbocycles. The van der Waals surface area contributed by atoms with E-state index >= 15 is 0 Å². The quantitative estimate of drug-likeness (QED) is 0.430. The van der Waals surface area contributed by atoms with Crippen LogP contribution in [-0.2, 0) is 10.0 Å². The second-order valence-electron chi connectivity index (χ2n) is 7.09. The van der Waals surface area contributed by atoms with Crippen molar-refractivity contribution in [2.75, 3.05) is 36.4 Å². The molecule has 3 N–H and O–H groups in total. The van der Waals surface area contributed by atoms with Crippen molar-refractivity contribution in [1.82, 2.24) is 4.72 Å². The monoisotopic (exact) mass is 540 g/mol. The summed E-state index contributed by atoms with van der Waals surface area (Å²) >= 11 is 6.56. The normalized spacial score (nSPS) is 13.0. The highest BCUT2D eigenvalue weighted by Crippen LogP contribution is 2.35. The molecule has 0 radical (unpaired) electrons. The Morgan fingerprint density at radius 3 is 2.63 bits per heavy atom. The maximum absolute atomic E-state index is 14.2. The number of ether oxygens (including phenoxy) is 2. The highest BCUT2D eigenvalue weighted by atomic mass is 35.5. The van der Waals surface area contributed by atoms with Crippen LogP contribution in [0.15, 0.2) is 46.7 Å². The van der Waals surface area contributed by atoms with E-state index in [0.29, 0.717) is 5.69 Å². The molecule has 1 aromatic heterocycles. The zero-order chi connectivity index (χ0) is 25.3. The molecule has 2 heterocycles. The Hall–Kier alpha value is -3.55. The third-order valence-electron chi connectivity index (χ3n) is 4.95. The highest BCUT2D eigenvalue weighted by Gasteiger charge is 2.29. The second-order valence-corrected chi connectivity index (χ2v) is 10.7. The topological polar surface area (TPSA) is 126 Å². The number of amides is 3. The lowest BCUT2D eigenvalue weighted by Crippen LogP contribution is -2.39. The van der Waals surface area contributed by atoms with Crippen molar-refractivity contribution in [3.63, 3.8) is 0 Å². The fourth-order valence-corrected chi connectivity index (χ4v) is 5.66. The van der Waals surface area contributed by atoms with Gasteiger partial charge in [-0.3, -0.25) is 9.69 Å². The van der Waals surface area contributed by atoms with Gasteiger partial charge in [0.1, 0.15) is 21.5 Å². The number of anilines is 3. The number of hydrogen-bond donors (Lipinski definition) is 3. The van der Waals surface area contributed by atoms with Crippen LogP contribution in [0.3, 0.4) is 0 Å². The number of benzene rings is 2. The first-order valence-electron chi connectivity index (χ1n) is 9.86.